The summed E-state index contributed by atoms with van der Waals surface area (Å²) in [4.78, 5) is 13.3. The number of aliphatic hydroxyl groups is 1. The minimum Gasteiger partial charge on any atom is -0.386 e. The molecule has 3 aromatic rings. The van der Waals surface area contributed by atoms with Gasteiger partial charge in [-0.05, 0) is 17.5 Å². The molecule has 2 heterocycles. The summed E-state index contributed by atoms with van der Waals surface area (Å²) in [6.07, 6.45) is 0.511. The SMILES string of the molecule is Cn1cc(C(=O)NCC(O)c2ccccc2F)c(-c2cccs2)n1. The van der Waals surface area contributed by atoms with E-state index in [1.54, 1.807) is 30.1 Å². The molecule has 0 saturated heterocycles. The molecule has 0 aliphatic heterocycles. The Labute approximate surface area is 142 Å². The van der Waals surface area contributed by atoms with Gasteiger partial charge in [0.1, 0.15) is 11.5 Å². The van der Waals surface area contributed by atoms with Crippen molar-refractivity contribution >= 4 is 17.2 Å². The summed E-state index contributed by atoms with van der Waals surface area (Å²) in [5.74, 6) is -0.859. The van der Waals surface area contributed by atoms with E-state index in [4.69, 9.17) is 0 Å². The van der Waals surface area contributed by atoms with Crippen LogP contribution in [-0.4, -0.2) is 27.3 Å². The number of aryl methyl sites for hydroxylation is 1. The number of amides is 1. The number of nitrogens with zero attached hydrogens (tertiary/aromatic N) is 2. The monoisotopic (exact) mass is 345 g/mol. The number of rotatable bonds is 5. The van der Waals surface area contributed by atoms with Crippen molar-refractivity contribution in [3.63, 3.8) is 0 Å². The van der Waals surface area contributed by atoms with Crippen molar-refractivity contribution in [2.45, 2.75) is 6.10 Å². The van der Waals surface area contributed by atoms with Crippen LogP contribution in [0.25, 0.3) is 10.6 Å². The first-order valence-corrected chi connectivity index (χ1v) is 8.22. The molecule has 0 saturated carbocycles. The Morgan fingerprint density at radius 3 is 2.88 bits per heavy atom. The first-order valence-electron chi connectivity index (χ1n) is 7.34. The van der Waals surface area contributed by atoms with Gasteiger partial charge in [-0.3, -0.25) is 9.48 Å². The number of hydrogen-bond acceptors (Lipinski definition) is 4. The van der Waals surface area contributed by atoms with E-state index >= 15 is 0 Å². The van der Waals surface area contributed by atoms with Gasteiger partial charge in [0, 0.05) is 25.4 Å². The van der Waals surface area contributed by atoms with Crippen LogP contribution in [0.3, 0.4) is 0 Å². The van der Waals surface area contributed by atoms with E-state index in [1.165, 1.54) is 23.5 Å². The summed E-state index contributed by atoms with van der Waals surface area (Å²) in [7, 11) is 1.74. The number of hydrogen-bond donors (Lipinski definition) is 2. The molecule has 1 atom stereocenters. The Hall–Kier alpha value is -2.51. The lowest BCUT2D eigenvalue weighted by Crippen LogP contribution is -2.28. The van der Waals surface area contributed by atoms with Gasteiger partial charge in [0.2, 0.25) is 0 Å². The van der Waals surface area contributed by atoms with Crippen LogP contribution in [0, 0.1) is 5.82 Å². The zero-order chi connectivity index (χ0) is 17.1. The number of benzene rings is 1. The highest BCUT2D eigenvalue weighted by molar-refractivity contribution is 7.13. The Morgan fingerprint density at radius 2 is 2.17 bits per heavy atom. The molecule has 5 nitrogen and oxygen atoms in total. The molecule has 0 bridgehead atoms. The van der Waals surface area contributed by atoms with E-state index < -0.39 is 11.9 Å². The van der Waals surface area contributed by atoms with E-state index in [2.05, 4.69) is 10.4 Å². The number of carbonyl (C=O) groups excluding carboxylic acids is 1. The molecule has 1 amide bonds. The molecule has 3 rings (SSSR count). The molecular weight excluding hydrogens is 329 g/mol. The Kier molecular flexibility index (Phi) is 4.73. The molecule has 1 aromatic carbocycles. The third-order valence-corrected chi connectivity index (χ3v) is 4.42. The van der Waals surface area contributed by atoms with Gasteiger partial charge in [0.25, 0.3) is 5.91 Å². The number of aromatic nitrogens is 2. The van der Waals surface area contributed by atoms with Gasteiger partial charge in [0.15, 0.2) is 0 Å². The van der Waals surface area contributed by atoms with Gasteiger partial charge >= 0.3 is 0 Å². The summed E-state index contributed by atoms with van der Waals surface area (Å²) in [6, 6.07) is 9.73. The van der Waals surface area contributed by atoms with Crippen LogP contribution < -0.4 is 5.32 Å². The van der Waals surface area contributed by atoms with Gasteiger partial charge in [-0.2, -0.15) is 5.10 Å². The highest BCUT2D eigenvalue weighted by atomic mass is 32.1. The lowest BCUT2D eigenvalue weighted by atomic mass is 10.1. The summed E-state index contributed by atoms with van der Waals surface area (Å²) in [6.45, 7) is -0.0848. The van der Waals surface area contributed by atoms with Crippen LogP contribution in [-0.2, 0) is 7.05 Å². The highest BCUT2D eigenvalue weighted by Crippen LogP contribution is 2.26. The van der Waals surface area contributed by atoms with Crippen molar-refractivity contribution in [1.29, 1.82) is 0 Å². The van der Waals surface area contributed by atoms with E-state index in [9.17, 15) is 14.3 Å². The number of nitrogens with one attached hydrogen (secondary N) is 1. The van der Waals surface area contributed by atoms with E-state index in [0.717, 1.165) is 4.88 Å². The second-order valence-electron chi connectivity index (χ2n) is 5.29. The Morgan fingerprint density at radius 1 is 1.38 bits per heavy atom. The van der Waals surface area contributed by atoms with Crippen LogP contribution >= 0.6 is 11.3 Å². The third-order valence-electron chi connectivity index (χ3n) is 3.55. The second kappa shape index (κ2) is 6.94. The largest absolute Gasteiger partial charge is 0.386 e. The smallest absolute Gasteiger partial charge is 0.255 e. The zero-order valence-electron chi connectivity index (χ0n) is 12.9. The summed E-state index contributed by atoms with van der Waals surface area (Å²) < 4.78 is 15.2. The minimum absolute atomic E-state index is 0.0848. The molecule has 0 spiro atoms. The fourth-order valence-corrected chi connectivity index (χ4v) is 3.11. The first kappa shape index (κ1) is 16.4. The van der Waals surface area contributed by atoms with Gasteiger partial charge in [0.05, 0.1) is 16.5 Å². The number of thiophene rings is 1. The summed E-state index contributed by atoms with van der Waals surface area (Å²) in [5, 5.41) is 18.9. The van der Waals surface area contributed by atoms with Crippen molar-refractivity contribution < 1.29 is 14.3 Å². The van der Waals surface area contributed by atoms with Gasteiger partial charge < -0.3 is 10.4 Å². The molecule has 0 fully saturated rings. The number of carbonyl (C=O) groups is 1. The van der Waals surface area contributed by atoms with Crippen molar-refractivity contribution in [3.8, 4) is 10.6 Å². The van der Waals surface area contributed by atoms with Crippen molar-refractivity contribution in [2.75, 3.05) is 6.54 Å². The molecule has 7 heteroatoms. The standard InChI is InChI=1S/C17H16FN3O2S/c1-21-10-12(16(20-21)15-7-4-8-24-15)17(23)19-9-14(22)11-5-2-3-6-13(11)18/h2-8,10,14,22H,9H2,1H3,(H,19,23). The highest BCUT2D eigenvalue weighted by Gasteiger charge is 2.19. The summed E-state index contributed by atoms with van der Waals surface area (Å²) >= 11 is 1.49. The topological polar surface area (TPSA) is 67.2 Å². The molecular formula is C17H16FN3O2S. The average Bonchev–Trinajstić information content (AvgIpc) is 3.21. The van der Waals surface area contributed by atoms with Crippen LogP contribution in [0.1, 0.15) is 22.0 Å². The molecule has 2 N–H and O–H groups in total. The third kappa shape index (κ3) is 3.37. The molecule has 24 heavy (non-hydrogen) atoms. The maximum atomic E-state index is 13.7. The first-order chi connectivity index (χ1) is 11.6. The van der Waals surface area contributed by atoms with E-state index in [1.807, 2.05) is 17.5 Å². The van der Waals surface area contributed by atoms with E-state index in [-0.39, 0.29) is 18.0 Å². The quantitative estimate of drug-likeness (QED) is 0.747. The predicted molar refractivity (Wildman–Crippen MR) is 90.2 cm³/mol. The predicted octanol–water partition coefficient (Wildman–Crippen LogP) is 2.75. The van der Waals surface area contributed by atoms with Crippen LogP contribution in [0.2, 0.25) is 0 Å². The average molecular weight is 345 g/mol. The molecule has 2 aromatic heterocycles. The van der Waals surface area contributed by atoms with Crippen LogP contribution in [0.5, 0.6) is 0 Å². The number of aliphatic hydroxyl groups excluding tert-OH is 1. The van der Waals surface area contributed by atoms with E-state index in [0.29, 0.717) is 11.3 Å². The maximum Gasteiger partial charge on any atom is 0.255 e. The van der Waals surface area contributed by atoms with Crippen LogP contribution in [0.4, 0.5) is 4.39 Å². The molecule has 0 radical (unpaired) electrons. The summed E-state index contributed by atoms with van der Waals surface area (Å²) in [5.41, 5.74) is 1.16. The number of halogens is 1. The van der Waals surface area contributed by atoms with Gasteiger partial charge in [-0.1, -0.05) is 24.3 Å². The van der Waals surface area contributed by atoms with Gasteiger partial charge in [-0.25, -0.2) is 4.39 Å². The van der Waals surface area contributed by atoms with Crippen molar-refractivity contribution in [2.24, 2.45) is 7.05 Å². The van der Waals surface area contributed by atoms with Crippen molar-refractivity contribution in [3.05, 3.63) is 64.9 Å². The fourth-order valence-electron chi connectivity index (χ4n) is 2.39. The Balaban J connectivity index is 1.73. The molecule has 124 valence electrons. The van der Waals surface area contributed by atoms with Crippen molar-refractivity contribution in [1.82, 2.24) is 15.1 Å². The van der Waals surface area contributed by atoms with Gasteiger partial charge in [-0.15, -0.1) is 11.3 Å². The molecule has 0 aliphatic rings. The minimum atomic E-state index is -1.11. The normalized spacial score (nSPS) is 12.1. The maximum absolute atomic E-state index is 13.7. The second-order valence-corrected chi connectivity index (χ2v) is 6.24. The molecule has 0 aliphatic carbocycles. The lowest BCUT2D eigenvalue weighted by Gasteiger charge is -2.12. The fraction of sp³-hybridized carbons (Fsp3) is 0.176. The Bertz CT molecular complexity index is 845. The molecule has 1 unspecified atom stereocenters. The van der Waals surface area contributed by atoms with Crippen LogP contribution in [0.15, 0.2) is 48.0 Å². The zero-order valence-corrected chi connectivity index (χ0v) is 13.8. The lowest BCUT2D eigenvalue weighted by molar-refractivity contribution is 0.0914.